The number of rotatable bonds is 6. The summed E-state index contributed by atoms with van der Waals surface area (Å²) in [5.41, 5.74) is 0.580. The van der Waals surface area contributed by atoms with Gasteiger partial charge in [-0.1, -0.05) is 0 Å². The van der Waals surface area contributed by atoms with E-state index in [2.05, 4.69) is 9.88 Å². The summed E-state index contributed by atoms with van der Waals surface area (Å²) in [6.07, 6.45) is 2.31. The van der Waals surface area contributed by atoms with Crippen LogP contribution in [-0.2, 0) is 13.0 Å². The number of aromatic nitrogens is 1. The third kappa shape index (κ3) is 4.30. The summed E-state index contributed by atoms with van der Waals surface area (Å²) in [5.74, 6) is 0.238. The number of fused-ring (bicyclic) bond motifs is 1. The van der Waals surface area contributed by atoms with Gasteiger partial charge in [-0.2, -0.15) is 0 Å². The van der Waals surface area contributed by atoms with Gasteiger partial charge in [0, 0.05) is 38.7 Å². The van der Waals surface area contributed by atoms with E-state index in [9.17, 15) is 19.7 Å². The van der Waals surface area contributed by atoms with Gasteiger partial charge in [0.1, 0.15) is 10.6 Å². The number of aryl methyl sites for hydroxylation is 1. The van der Waals surface area contributed by atoms with Crippen LogP contribution in [0.15, 0.2) is 12.1 Å². The first-order valence-electron chi connectivity index (χ1n) is 10.3. The van der Waals surface area contributed by atoms with Gasteiger partial charge in [0.25, 0.3) is 11.6 Å². The lowest BCUT2D eigenvalue weighted by Crippen LogP contribution is -2.48. The molecule has 11 heteroatoms. The van der Waals surface area contributed by atoms with E-state index in [1.807, 2.05) is 0 Å². The smallest absolute Gasteiger partial charge is 0.286 e. The third-order valence-corrected chi connectivity index (χ3v) is 6.88. The number of amides is 1. The quantitative estimate of drug-likeness (QED) is 0.477. The van der Waals surface area contributed by atoms with Gasteiger partial charge in [-0.15, -0.1) is 11.3 Å². The molecule has 10 nitrogen and oxygen atoms in total. The number of thiazole rings is 1. The van der Waals surface area contributed by atoms with Crippen molar-refractivity contribution < 1.29 is 24.0 Å². The van der Waals surface area contributed by atoms with Crippen LogP contribution in [0.1, 0.15) is 43.6 Å². The summed E-state index contributed by atoms with van der Waals surface area (Å²) < 4.78 is 10.3. The van der Waals surface area contributed by atoms with Crippen LogP contribution >= 0.6 is 11.3 Å². The van der Waals surface area contributed by atoms with E-state index in [4.69, 9.17) is 9.47 Å². The average Bonchev–Trinajstić information content (AvgIpc) is 3.22. The molecule has 2 heterocycles. The van der Waals surface area contributed by atoms with Gasteiger partial charge in [-0.25, -0.2) is 4.98 Å². The summed E-state index contributed by atoms with van der Waals surface area (Å²) in [7, 11) is 2.80. The summed E-state index contributed by atoms with van der Waals surface area (Å²) >= 11 is 1.47. The molecule has 2 aliphatic rings. The lowest BCUT2D eigenvalue weighted by atomic mass is 10.0. The highest BCUT2D eigenvalue weighted by Gasteiger charge is 2.30. The Hall–Kier alpha value is -3.05. The van der Waals surface area contributed by atoms with Crippen molar-refractivity contribution in [2.24, 2.45) is 0 Å². The zero-order chi connectivity index (χ0) is 22.8. The normalized spacial score (nSPS) is 16.6. The lowest BCUT2D eigenvalue weighted by Gasteiger charge is -2.34. The minimum absolute atomic E-state index is 0.0211. The minimum atomic E-state index is -0.586. The van der Waals surface area contributed by atoms with Crippen molar-refractivity contribution in [3.05, 3.63) is 43.4 Å². The van der Waals surface area contributed by atoms with Gasteiger partial charge in [0.15, 0.2) is 17.3 Å². The highest BCUT2D eigenvalue weighted by Crippen LogP contribution is 2.35. The molecular weight excluding hydrogens is 436 g/mol. The van der Waals surface area contributed by atoms with Gasteiger partial charge in [0.2, 0.25) is 0 Å². The monoisotopic (exact) mass is 460 g/mol. The Bertz CT molecular complexity index is 1060. The number of nitro benzene ring substituents is 1. The second kappa shape index (κ2) is 9.21. The summed E-state index contributed by atoms with van der Waals surface area (Å²) in [5, 5.41) is 12.5. The van der Waals surface area contributed by atoms with E-state index in [-0.39, 0.29) is 28.5 Å². The van der Waals surface area contributed by atoms with Gasteiger partial charge < -0.3 is 14.4 Å². The van der Waals surface area contributed by atoms with Gasteiger partial charge in [-0.05, 0) is 12.8 Å². The number of ether oxygens (including phenoxy) is 2. The van der Waals surface area contributed by atoms with Crippen molar-refractivity contribution in [3.8, 4) is 11.5 Å². The van der Waals surface area contributed by atoms with Crippen LogP contribution in [0.25, 0.3) is 0 Å². The first-order valence-corrected chi connectivity index (χ1v) is 11.2. The molecule has 0 unspecified atom stereocenters. The topological polar surface area (TPSA) is 115 Å². The highest BCUT2D eigenvalue weighted by molar-refractivity contribution is 7.13. The predicted octanol–water partition coefficient (Wildman–Crippen LogP) is 2.55. The maximum atomic E-state index is 13.1. The minimum Gasteiger partial charge on any atom is -0.493 e. The van der Waals surface area contributed by atoms with Crippen LogP contribution in [0.5, 0.6) is 11.5 Å². The number of ketones is 1. The largest absolute Gasteiger partial charge is 0.493 e. The predicted molar refractivity (Wildman–Crippen MR) is 117 cm³/mol. The summed E-state index contributed by atoms with van der Waals surface area (Å²) in [6, 6.07) is 2.58. The molecule has 1 amide bonds. The molecule has 2 aromatic rings. The zero-order valence-corrected chi connectivity index (χ0v) is 18.8. The number of methoxy groups -OCH3 is 2. The number of carbonyl (C=O) groups is 2. The Labute approximate surface area is 188 Å². The van der Waals surface area contributed by atoms with E-state index >= 15 is 0 Å². The molecule has 1 aliphatic heterocycles. The molecule has 1 aromatic carbocycles. The number of hydrogen-bond donors (Lipinski definition) is 0. The van der Waals surface area contributed by atoms with Gasteiger partial charge in [-0.3, -0.25) is 24.6 Å². The van der Waals surface area contributed by atoms with Crippen molar-refractivity contribution >= 4 is 28.7 Å². The van der Waals surface area contributed by atoms with Crippen LogP contribution < -0.4 is 9.47 Å². The molecule has 1 fully saturated rings. The molecule has 1 saturated heterocycles. The molecule has 32 heavy (non-hydrogen) atoms. The van der Waals surface area contributed by atoms with Crippen LogP contribution in [-0.4, -0.2) is 71.8 Å². The van der Waals surface area contributed by atoms with Crippen LogP contribution in [0.4, 0.5) is 5.69 Å². The number of nitrogens with zero attached hydrogens (tertiary/aromatic N) is 4. The summed E-state index contributed by atoms with van der Waals surface area (Å²) in [4.78, 5) is 45.3. The van der Waals surface area contributed by atoms with Crippen LogP contribution in [0, 0.1) is 10.1 Å². The van der Waals surface area contributed by atoms with Crippen molar-refractivity contribution in [3.63, 3.8) is 0 Å². The molecule has 0 N–H and O–H groups in total. The number of benzene rings is 1. The fourth-order valence-corrected chi connectivity index (χ4v) is 5.17. The van der Waals surface area contributed by atoms with E-state index in [1.165, 1.54) is 37.7 Å². The van der Waals surface area contributed by atoms with E-state index < -0.39 is 10.8 Å². The van der Waals surface area contributed by atoms with E-state index in [0.29, 0.717) is 39.1 Å². The molecule has 0 bridgehead atoms. The Morgan fingerprint density at radius 3 is 2.47 bits per heavy atom. The Morgan fingerprint density at radius 1 is 1.16 bits per heavy atom. The Balaban J connectivity index is 1.44. The Kier molecular flexibility index (Phi) is 6.38. The molecular formula is C21H24N4O6S. The Morgan fingerprint density at radius 2 is 1.84 bits per heavy atom. The number of piperazine rings is 1. The van der Waals surface area contributed by atoms with Crippen LogP contribution in [0.2, 0.25) is 0 Å². The molecule has 4 rings (SSSR count). The number of nitro groups is 1. The van der Waals surface area contributed by atoms with Crippen molar-refractivity contribution in [1.82, 2.24) is 14.8 Å². The number of hydrogen-bond acceptors (Lipinski definition) is 9. The maximum Gasteiger partial charge on any atom is 0.286 e. The highest BCUT2D eigenvalue weighted by atomic mass is 32.1. The fourth-order valence-electron chi connectivity index (χ4n) is 4.05. The number of carbonyl (C=O) groups excluding carboxylic acids is 2. The molecule has 0 saturated carbocycles. The fraction of sp³-hybridized carbons (Fsp3) is 0.476. The van der Waals surface area contributed by atoms with Crippen molar-refractivity contribution in [2.75, 3.05) is 40.4 Å². The van der Waals surface area contributed by atoms with Gasteiger partial charge in [0.05, 0.1) is 42.3 Å². The number of Topliss-reactive ketones (excluding diaryl/α,β-unsaturated/α-hetero) is 1. The van der Waals surface area contributed by atoms with E-state index in [1.54, 1.807) is 4.90 Å². The second-order valence-electron chi connectivity index (χ2n) is 7.71. The SMILES string of the molecule is COc1cc(C(=O)N2CCN(Cc3nc4c(s3)C(=O)CCC4)CC2)c([N+](=O)[O-])cc1OC. The lowest BCUT2D eigenvalue weighted by molar-refractivity contribution is -0.385. The first kappa shape index (κ1) is 22.2. The van der Waals surface area contributed by atoms with Crippen molar-refractivity contribution in [1.29, 1.82) is 0 Å². The van der Waals surface area contributed by atoms with Gasteiger partial charge >= 0.3 is 0 Å². The average molecular weight is 461 g/mol. The molecule has 0 radical (unpaired) electrons. The zero-order valence-electron chi connectivity index (χ0n) is 18.0. The standard InChI is InChI=1S/C21H24N4O6S/c1-30-17-10-13(15(25(28)29)11-18(17)31-2)21(27)24-8-6-23(7-9-24)12-19-22-14-4-3-5-16(26)20(14)32-19/h10-11H,3-9,12H2,1-2H3. The molecule has 170 valence electrons. The van der Waals surface area contributed by atoms with Crippen molar-refractivity contribution in [2.45, 2.75) is 25.8 Å². The molecule has 1 aliphatic carbocycles. The molecule has 0 spiro atoms. The molecule has 1 aromatic heterocycles. The second-order valence-corrected chi connectivity index (χ2v) is 8.79. The summed E-state index contributed by atoms with van der Waals surface area (Å²) in [6.45, 7) is 2.74. The third-order valence-electron chi connectivity index (χ3n) is 5.76. The first-order chi connectivity index (χ1) is 15.4. The van der Waals surface area contributed by atoms with Crippen LogP contribution in [0.3, 0.4) is 0 Å². The van der Waals surface area contributed by atoms with E-state index in [0.717, 1.165) is 28.4 Å². The maximum absolute atomic E-state index is 13.1. The molecule has 0 atom stereocenters.